The van der Waals surface area contributed by atoms with E-state index >= 15 is 0 Å². The lowest BCUT2D eigenvalue weighted by atomic mass is 10.0. The third-order valence-electron chi connectivity index (χ3n) is 2.77. The lowest BCUT2D eigenvalue weighted by Crippen LogP contribution is -2.41. The average Bonchev–Trinajstić information content (AvgIpc) is 2.39. The molecule has 94 valence electrons. The molecule has 0 fully saturated rings. The third-order valence-corrected chi connectivity index (χ3v) is 4.26. The predicted molar refractivity (Wildman–Crippen MR) is 71.6 cm³/mol. The molecule has 1 N–H and O–H groups in total. The number of halogens is 1. The van der Waals surface area contributed by atoms with Gasteiger partial charge in [0.1, 0.15) is 4.32 Å². The van der Waals surface area contributed by atoms with E-state index in [-0.39, 0.29) is 5.91 Å². The van der Waals surface area contributed by atoms with Crippen LogP contribution in [0.2, 0.25) is 0 Å². The van der Waals surface area contributed by atoms with E-state index in [2.05, 4.69) is 21.4 Å². The Balaban J connectivity index is 2.39. The Labute approximate surface area is 111 Å². The molecule has 0 heterocycles. The van der Waals surface area contributed by atoms with Gasteiger partial charge in [0.15, 0.2) is 0 Å². The Hall–Kier alpha value is -0.870. The molecule has 0 aliphatic carbocycles. The van der Waals surface area contributed by atoms with Gasteiger partial charge in [-0.2, -0.15) is 0 Å². The lowest BCUT2D eigenvalue weighted by molar-refractivity contribution is -0.137. The van der Waals surface area contributed by atoms with E-state index in [9.17, 15) is 4.79 Å². The van der Waals surface area contributed by atoms with Gasteiger partial charge >= 0.3 is 0 Å². The van der Waals surface area contributed by atoms with Gasteiger partial charge in [0, 0.05) is 0 Å². The molecule has 0 atom stereocenters. The smallest absolute Gasteiger partial charge is 0.260 e. The Morgan fingerprint density at radius 1 is 1.29 bits per heavy atom. The van der Waals surface area contributed by atoms with Crippen LogP contribution in [0, 0.1) is 0 Å². The van der Waals surface area contributed by atoms with Crippen molar-refractivity contribution < 1.29 is 9.63 Å². The van der Waals surface area contributed by atoms with E-state index in [1.54, 1.807) is 0 Å². The number of alkyl halides is 1. The molecule has 3 nitrogen and oxygen atoms in total. The van der Waals surface area contributed by atoms with Crippen LogP contribution >= 0.6 is 15.9 Å². The van der Waals surface area contributed by atoms with E-state index in [0.717, 1.165) is 18.4 Å². The number of carbonyl (C=O) groups excluding carboxylic acids is 1. The van der Waals surface area contributed by atoms with Gasteiger partial charge in [-0.15, -0.1) is 0 Å². The first-order valence-electron chi connectivity index (χ1n) is 5.77. The van der Waals surface area contributed by atoms with Gasteiger partial charge in [0.2, 0.25) is 0 Å². The Kier molecular flexibility index (Phi) is 5.65. The fourth-order valence-electron chi connectivity index (χ4n) is 1.42. The van der Waals surface area contributed by atoms with E-state index in [4.69, 9.17) is 4.84 Å². The monoisotopic (exact) mass is 299 g/mol. The summed E-state index contributed by atoms with van der Waals surface area (Å²) in [4.78, 5) is 17.0. The summed E-state index contributed by atoms with van der Waals surface area (Å²) in [5.74, 6) is -0.126. The third kappa shape index (κ3) is 4.13. The number of amides is 1. The molecule has 1 aromatic rings. The summed E-state index contributed by atoms with van der Waals surface area (Å²) >= 11 is 3.44. The first-order chi connectivity index (χ1) is 8.12. The minimum atomic E-state index is -0.524. The van der Waals surface area contributed by atoms with Gasteiger partial charge in [-0.05, 0) is 18.4 Å². The summed E-state index contributed by atoms with van der Waals surface area (Å²) in [7, 11) is 0. The van der Waals surface area contributed by atoms with Crippen LogP contribution in [0.4, 0.5) is 0 Å². The van der Waals surface area contributed by atoms with Gasteiger partial charge in [-0.3, -0.25) is 9.63 Å². The summed E-state index contributed by atoms with van der Waals surface area (Å²) in [6.07, 6.45) is 1.45. The maximum atomic E-state index is 11.8. The summed E-state index contributed by atoms with van der Waals surface area (Å²) < 4.78 is -0.524. The number of hydrogen-bond donors (Lipinski definition) is 1. The zero-order valence-electron chi connectivity index (χ0n) is 10.2. The second-order valence-corrected chi connectivity index (χ2v) is 5.40. The molecule has 0 radical (unpaired) electrons. The molecule has 0 aliphatic heterocycles. The molecular formula is C13H18BrNO2. The van der Waals surface area contributed by atoms with E-state index in [1.807, 2.05) is 44.2 Å². The van der Waals surface area contributed by atoms with Gasteiger partial charge in [0.05, 0.1) is 6.61 Å². The predicted octanol–water partition coefficient (Wildman–Crippen LogP) is 3.19. The SMILES string of the molecule is CCC(Br)(CC)C(=O)NOCc1ccccc1. The molecule has 4 heteroatoms. The van der Waals surface area contributed by atoms with Crippen molar-refractivity contribution in [3.8, 4) is 0 Å². The van der Waals surface area contributed by atoms with Crippen molar-refractivity contribution in [3.63, 3.8) is 0 Å². The van der Waals surface area contributed by atoms with Crippen LogP contribution in [0.25, 0.3) is 0 Å². The fraction of sp³-hybridized carbons (Fsp3) is 0.462. The normalized spacial score (nSPS) is 11.2. The van der Waals surface area contributed by atoms with Crippen LogP contribution in [-0.2, 0) is 16.2 Å². The van der Waals surface area contributed by atoms with Crippen LogP contribution in [0.5, 0.6) is 0 Å². The van der Waals surface area contributed by atoms with Crippen molar-refractivity contribution in [2.75, 3.05) is 0 Å². The van der Waals surface area contributed by atoms with Crippen molar-refractivity contribution in [3.05, 3.63) is 35.9 Å². The van der Waals surface area contributed by atoms with Crippen LogP contribution in [0.15, 0.2) is 30.3 Å². The highest BCUT2D eigenvalue weighted by atomic mass is 79.9. The second-order valence-electron chi connectivity index (χ2n) is 3.88. The summed E-state index contributed by atoms with van der Waals surface area (Å²) in [5.41, 5.74) is 3.52. The van der Waals surface area contributed by atoms with Gasteiger partial charge in [0.25, 0.3) is 5.91 Å². The minimum absolute atomic E-state index is 0.126. The van der Waals surface area contributed by atoms with Crippen LogP contribution < -0.4 is 5.48 Å². The standard InChI is InChI=1S/C13H18BrNO2/c1-3-13(14,4-2)12(16)15-17-10-11-8-6-5-7-9-11/h5-9H,3-4,10H2,1-2H3,(H,15,16). The average molecular weight is 300 g/mol. The topological polar surface area (TPSA) is 38.3 Å². The zero-order chi connectivity index (χ0) is 12.7. The van der Waals surface area contributed by atoms with E-state index in [0.29, 0.717) is 6.61 Å². The Bertz CT molecular complexity index is 350. The minimum Gasteiger partial charge on any atom is -0.271 e. The van der Waals surface area contributed by atoms with Crippen molar-refractivity contribution >= 4 is 21.8 Å². The van der Waals surface area contributed by atoms with E-state index in [1.165, 1.54) is 0 Å². The summed E-state index contributed by atoms with van der Waals surface area (Å²) in [6, 6.07) is 9.72. The molecule has 1 amide bonds. The fourth-order valence-corrected chi connectivity index (χ4v) is 1.50. The molecule has 0 bridgehead atoms. The van der Waals surface area contributed by atoms with Crippen molar-refractivity contribution in [2.45, 2.75) is 37.6 Å². The summed E-state index contributed by atoms with van der Waals surface area (Å²) in [5, 5.41) is 0. The number of nitrogens with one attached hydrogen (secondary N) is 1. The number of carbonyl (C=O) groups is 1. The molecule has 17 heavy (non-hydrogen) atoms. The lowest BCUT2D eigenvalue weighted by Gasteiger charge is -2.22. The van der Waals surface area contributed by atoms with Crippen LogP contribution in [-0.4, -0.2) is 10.2 Å². The molecular weight excluding hydrogens is 282 g/mol. The molecule has 0 aliphatic rings. The van der Waals surface area contributed by atoms with Gasteiger partial charge in [-0.1, -0.05) is 60.1 Å². The highest BCUT2D eigenvalue weighted by Gasteiger charge is 2.31. The van der Waals surface area contributed by atoms with Crippen molar-refractivity contribution in [2.24, 2.45) is 0 Å². The Morgan fingerprint density at radius 2 is 1.88 bits per heavy atom. The van der Waals surface area contributed by atoms with Crippen LogP contribution in [0.1, 0.15) is 32.3 Å². The maximum absolute atomic E-state index is 11.8. The highest BCUT2D eigenvalue weighted by molar-refractivity contribution is 9.10. The first kappa shape index (κ1) is 14.2. The van der Waals surface area contributed by atoms with Gasteiger partial charge in [-0.25, -0.2) is 5.48 Å². The molecule has 0 spiro atoms. The van der Waals surface area contributed by atoms with E-state index < -0.39 is 4.32 Å². The number of rotatable bonds is 6. The Morgan fingerprint density at radius 3 is 2.41 bits per heavy atom. The molecule has 0 saturated heterocycles. The highest BCUT2D eigenvalue weighted by Crippen LogP contribution is 2.26. The van der Waals surface area contributed by atoms with Gasteiger partial charge < -0.3 is 0 Å². The second kappa shape index (κ2) is 6.77. The quantitative estimate of drug-likeness (QED) is 0.647. The number of hydroxylamine groups is 1. The van der Waals surface area contributed by atoms with Crippen molar-refractivity contribution in [1.82, 2.24) is 5.48 Å². The molecule has 0 aromatic heterocycles. The number of benzene rings is 1. The summed E-state index contributed by atoms with van der Waals surface area (Å²) in [6.45, 7) is 4.31. The van der Waals surface area contributed by atoms with Crippen molar-refractivity contribution in [1.29, 1.82) is 0 Å². The molecule has 1 rings (SSSR count). The first-order valence-corrected chi connectivity index (χ1v) is 6.56. The maximum Gasteiger partial charge on any atom is 0.260 e. The largest absolute Gasteiger partial charge is 0.271 e. The zero-order valence-corrected chi connectivity index (χ0v) is 11.8. The molecule has 0 saturated carbocycles. The van der Waals surface area contributed by atoms with Crippen LogP contribution in [0.3, 0.4) is 0 Å². The molecule has 0 unspecified atom stereocenters. The number of hydrogen-bond acceptors (Lipinski definition) is 2. The molecule has 1 aromatic carbocycles.